The van der Waals surface area contributed by atoms with E-state index in [0.717, 1.165) is 31.4 Å². The van der Waals surface area contributed by atoms with Gasteiger partial charge in [-0.2, -0.15) is 5.10 Å². The molecule has 0 radical (unpaired) electrons. The predicted molar refractivity (Wildman–Crippen MR) is 68.6 cm³/mol. The van der Waals surface area contributed by atoms with Crippen molar-refractivity contribution in [2.75, 3.05) is 0 Å². The van der Waals surface area contributed by atoms with E-state index in [-0.39, 0.29) is 0 Å². The molecule has 0 bridgehead atoms. The molecule has 0 amide bonds. The number of aryl methyl sites for hydroxylation is 1. The number of rotatable bonds is 3. The molecule has 1 aromatic rings. The molecule has 0 saturated heterocycles. The Bertz CT molecular complexity index is 372. The van der Waals surface area contributed by atoms with Crippen LogP contribution in [0.1, 0.15) is 52.0 Å². The molecule has 0 aliphatic heterocycles. The van der Waals surface area contributed by atoms with Gasteiger partial charge in [0.2, 0.25) is 0 Å². The highest BCUT2D eigenvalue weighted by atomic mass is 16.3. The van der Waals surface area contributed by atoms with Gasteiger partial charge in [0.1, 0.15) is 0 Å². The monoisotopic (exact) mass is 236 g/mol. The van der Waals surface area contributed by atoms with E-state index in [1.54, 1.807) is 0 Å². The molecule has 2 unspecified atom stereocenters. The lowest BCUT2D eigenvalue weighted by molar-refractivity contribution is -0.0722. The van der Waals surface area contributed by atoms with E-state index < -0.39 is 5.60 Å². The van der Waals surface area contributed by atoms with E-state index in [1.807, 2.05) is 17.1 Å². The molecule has 0 spiro atoms. The lowest BCUT2D eigenvalue weighted by Gasteiger charge is -2.41. The molecule has 1 heterocycles. The maximum absolute atomic E-state index is 11.0. The lowest BCUT2D eigenvalue weighted by atomic mass is 9.68. The highest BCUT2D eigenvalue weighted by Crippen LogP contribution is 2.44. The summed E-state index contributed by atoms with van der Waals surface area (Å²) in [4.78, 5) is 0. The summed E-state index contributed by atoms with van der Waals surface area (Å²) in [5, 5.41) is 15.3. The third-order valence-electron chi connectivity index (χ3n) is 4.20. The smallest absolute Gasteiger partial charge is 0.0957 e. The van der Waals surface area contributed by atoms with Crippen molar-refractivity contribution < 1.29 is 5.11 Å². The van der Waals surface area contributed by atoms with Crippen LogP contribution in [0.4, 0.5) is 0 Å². The van der Waals surface area contributed by atoms with Crippen LogP contribution >= 0.6 is 0 Å². The average molecular weight is 236 g/mol. The van der Waals surface area contributed by atoms with E-state index >= 15 is 0 Å². The summed E-state index contributed by atoms with van der Waals surface area (Å²) in [7, 11) is 0. The van der Waals surface area contributed by atoms with Gasteiger partial charge in [-0.3, -0.25) is 4.68 Å². The Labute approximate surface area is 104 Å². The molecule has 1 aliphatic carbocycles. The van der Waals surface area contributed by atoms with E-state index in [2.05, 4.69) is 25.9 Å². The fraction of sp³-hybridized carbons (Fsp3) is 0.786. The van der Waals surface area contributed by atoms with Crippen molar-refractivity contribution in [2.45, 2.75) is 58.6 Å². The van der Waals surface area contributed by atoms with Crippen molar-refractivity contribution in [3.8, 4) is 0 Å². The predicted octanol–water partition coefficient (Wildman–Crippen LogP) is 2.94. The fourth-order valence-electron chi connectivity index (χ4n) is 3.19. The molecule has 1 fully saturated rings. The average Bonchev–Trinajstić information content (AvgIpc) is 2.78. The Morgan fingerprint density at radius 3 is 2.88 bits per heavy atom. The van der Waals surface area contributed by atoms with Crippen LogP contribution in [0.3, 0.4) is 0 Å². The van der Waals surface area contributed by atoms with Crippen LogP contribution in [0.5, 0.6) is 0 Å². The zero-order valence-corrected chi connectivity index (χ0v) is 11.2. The minimum atomic E-state index is -0.653. The summed E-state index contributed by atoms with van der Waals surface area (Å²) in [5.41, 5.74) is 0.359. The summed E-state index contributed by atoms with van der Waals surface area (Å²) >= 11 is 0. The Balaban J connectivity index is 2.30. The minimum Gasteiger partial charge on any atom is -0.385 e. The molecule has 96 valence electrons. The SMILES string of the molecule is CCn1cc(C2(O)CCCCC2C(C)C)cn1. The molecule has 17 heavy (non-hydrogen) atoms. The minimum absolute atomic E-state index is 0.366. The van der Waals surface area contributed by atoms with Crippen molar-refractivity contribution in [2.24, 2.45) is 11.8 Å². The van der Waals surface area contributed by atoms with Gasteiger partial charge < -0.3 is 5.11 Å². The van der Waals surface area contributed by atoms with Gasteiger partial charge in [-0.25, -0.2) is 0 Å². The maximum Gasteiger partial charge on any atom is 0.0957 e. The second-order valence-corrected chi connectivity index (χ2v) is 5.61. The number of aromatic nitrogens is 2. The standard InChI is InChI=1S/C14H24N2O/c1-4-16-10-12(9-15-16)14(17)8-6-5-7-13(14)11(2)3/h9-11,13,17H,4-8H2,1-3H3. The van der Waals surface area contributed by atoms with Gasteiger partial charge in [0.25, 0.3) is 0 Å². The molecule has 3 nitrogen and oxygen atoms in total. The third-order valence-corrected chi connectivity index (χ3v) is 4.20. The summed E-state index contributed by atoms with van der Waals surface area (Å²) in [5.74, 6) is 0.885. The topological polar surface area (TPSA) is 38.0 Å². The largest absolute Gasteiger partial charge is 0.385 e. The molecule has 1 N–H and O–H groups in total. The normalized spacial score (nSPS) is 29.8. The summed E-state index contributed by atoms with van der Waals surface area (Å²) in [6.07, 6.45) is 8.24. The fourth-order valence-corrected chi connectivity index (χ4v) is 3.19. The van der Waals surface area contributed by atoms with Crippen molar-refractivity contribution >= 4 is 0 Å². The molecule has 0 aromatic carbocycles. The first-order valence-electron chi connectivity index (χ1n) is 6.83. The summed E-state index contributed by atoms with van der Waals surface area (Å²) in [6.45, 7) is 7.36. The molecule has 2 atom stereocenters. The number of hydrogen-bond acceptors (Lipinski definition) is 2. The second-order valence-electron chi connectivity index (χ2n) is 5.61. The molecule has 2 rings (SSSR count). The van der Waals surface area contributed by atoms with Crippen LogP contribution in [0.25, 0.3) is 0 Å². The third kappa shape index (κ3) is 2.25. The van der Waals surface area contributed by atoms with Crippen molar-refractivity contribution in [3.05, 3.63) is 18.0 Å². The van der Waals surface area contributed by atoms with Crippen molar-refractivity contribution in [1.82, 2.24) is 9.78 Å². The van der Waals surface area contributed by atoms with E-state index in [9.17, 15) is 5.11 Å². The number of nitrogens with zero attached hydrogens (tertiary/aromatic N) is 2. The van der Waals surface area contributed by atoms with Gasteiger partial charge in [0, 0.05) is 18.3 Å². The lowest BCUT2D eigenvalue weighted by Crippen LogP contribution is -2.40. The molecular weight excluding hydrogens is 212 g/mol. The van der Waals surface area contributed by atoms with E-state index in [4.69, 9.17) is 0 Å². The molecule has 1 saturated carbocycles. The highest BCUT2D eigenvalue weighted by molar-refractivity contribution is 5.18. The Kier molecular flexibility index (Phi) is 3.57. The van der Waals surface area contributed by atoms with Crippen molar-refractivity contribution in [1.29, 1.82) is 0 Å². The zero-order chi connectivity index (χ0) is 12.5. The van der Waals surface area contributed by atoms with Crippen molar-refractivity contribution in [3.63, 3.8) is 0 Å². The van der Waals surface area contributed by atoms with Crippen LogP contribution in [0.15, 0.2) is 12.4 Å². The van der Waals surface area contributed by atoms with Gasteiger partial charge in [-0.05, 0) is 31.6 Å². The Morgan fingerprint density at radius 1 is 1.53 bits per heavy atom. The van der Waals surface area contributed by atoms with Crippen LogP contribution in [-0.2, 0) is 12.1 Å². The molecular formula is C14H24N2O. The van der Waals surface area contributed by atoms with Crippen LogP contribution < -0.4 is 0 Å². The van der Waals surface area contributed by atoms with Gasteiger partial charge >= 0.3 is 0 Å². The van der Waals surface area contributed by atoms with Gasteiger partial charge in [0.15, 0.2) is 0 Å². The maximum atomic E-state index is 11.0. The van der Waals surface area contributed by atoms with E-state index in [0.29, 0.717) is 11.8 Å². The number of hydrogen-bond donors (Lipinski definition) is 1. The Morgan fingerprint density at radius 2 is 2.29 bits per heavy atom. The molecule has 3 heteroatoms. The number of aliphatic hydroxyl groups is 1. The molecule has 1 aromatic heterocycles. The summed E-state index contributed by atoms with van der Waals surface area (Å²) < 4.78 is 1.90. The highest BCUT2D eigenvalue weighted by Gasteiger charge is 2.42. The van der Waals surface area contributed by atoms with Gasteiger partial charge in [-0.15, -0.1) is 0 Å². The van der Waals surface area contributed by atoms with Gasteiger partial charge in [-0.1, -0.05) is 26.7 Å². The summed E-state index contributed by atoms with van der Waals surface area (Å²) in [6, 6.07) is 0. The quantitative estimate of drug-likeness (QED) is 0.876. The first-order chi connectivity index (χ1) is 8.08. The van der Waals surface area contributed by atoms with Gasteiger partial charge in [0.05, 0.1) is 11.8 Å². The Hall–Kier alpha value is -0.830. The van der Waals surface area contributed by atoms with E-state index in [1.165, 1.54) is 6.42 Å². The zero-order valence-electron chi connectivity index (χ0n) is 11.2. The van der Waals surface area contributed by atoms with Crippen LogP contribution in [0.2, 0.25) is 0 Å². The van der Waals surface area contributed by atoms with Crippen LogP contribution in [0, 0.1) is 11.8 Å². The van der Waals surface area contributed by atoms with Crippen LogP contribution in [-0.4, -0.2) is 14.9 Å². The first kappa shape index (κ1) is 12.6. The first-order valence-corrected chi connectivity index (χ1v) is 6.83. The molecule has 1 aliphatic rings. The second kappa shape index (κ2) is 4.81.